The quantitative estimate of drug-likeness (QED) is 0.642. The predicted octanol–water partition coefficient (Wildman–Crippen LogP) is 5.04. The molecule has 1 aromatic rings. The van der Waals surface area contributed by atoms with Gasteiger partial charge in [-0.15, -0.1) is 0 Å². The summed E-state index contributed by atoms with van der Waals surface area (Å²) in [5, 5.41) is 0. The van der Waals surface area contributed by atoms with Crippen LogP contribution in [0.4, 0.5) is 18.0 Å². The Bertz CT molecular complexity index is 656. The molecule has 1 aliphatic rings. The van der Waals surface area contributed by atoms with Gasteiger partial charge in [0.1, 0.15) is 12.1 Å². The van der Waals surface area contributed by atoms with Gasteiger partial charge in [-0.1, -0.05) is 0 Å². The highest BCUT2D eigenvalue weighted by Crippen LogP contribution is 2.29. The van der Waals surface area contributed by atoms with Crippen molar-refractivity contribution in [3.8, 4) is 0 Å². The van der Waals surface area contributed by atoms with Crippen molar-refractivity contribution in [3.63, 3.8) is 0 Å². The van der Waals surface area contributed by atoms with Gasteiger partial charge in [0.05, 0.1) is 12.2 Å². The Kier molecular flexibility index (Phi) is 7.13. The van der Waals surface area contributed by atoms with Crippen molar-refractivity contribution in [2.45, 2.75) is 57.9 Å². The summed E-state index contributed by atoms with van der Waals surface area (Å²) in [6, 6.07) is 3.61. The van der Waals surface area contributed by atoms with Gasteiger partial charge in [-0.3, -0.25) is 9.88 Å². The third kappa shape index (κ3) is 7.29. The van der Waals surface area contributed by atoms with E-state index in [1.165, 1.54) is 0 Å². The molecule has 2 rings (SSSR count). The van der Waals surface area contributed by atoms with Crippen molar-refractivity contribution >= 4 is 22.0 Å². The number of hydrogen-bond acceptors (Lipinski definition) is 4. The van der Waals surface area contributed by atoms with Gasteiger partial charge in [0.15, 0.2) is 0 Å². The minimum atomic E-state index is -4.54. The monoisotopic (exact) mass is 452 g/mol. The summed E-state index contributed by atoms with van der Waals surface area (Å²) < 4.78 is 50.0. The van der Waals surface area contributed by atoms with Crippen molar-refractivity contribution in [3.05, 3.63) is 28.0 Å². The smallest absolute Gasteiger partial charge is 0.410 e. The van der Waals surface area contributed by atoms with E-state index >= 15 is 0 Å². The first-order valence-electron chi connectivity index (χ1n) is 8.72. The summed E-state index contributed by atoms with van der Waals surface area (Å²) in [6.45, 7) is 4.39. The van der Waals surface area contributed by atoms with Gasteiger partial charge in [0.2, 0.25) is 0 Å². The Morgan fingerprint density at radius 3 is 2.48 bits per heavy atom. The van der Waals surface area contributed by atoms with Crippen LogP contribution in [0.25, 0.3) is 0 Å². The SMILES string of the molecule is CC(C)(C)OC(=O)N(Cc1nc(C2CCOCC2)ccc1Br)CC(F)(F)F. The molecule has 152 valence electrons. The predicted molar refractivity (Wildman–Crippen MR) is 97.4 cm³/mol. The Morgan fingerprint density at radius 2 is 1.93 bits per heavy atom. The number of alkyl halides is 3. The zero-order valence-corrected chi connectivity index (χ0v) is 17.2. The van der Waals surface area contributed by atoms with Crippen LogP contribution in [0.1, 0.15) is 50.9 Å². The number of ether oxygens (including phenoxy) is 2. The van der Waals surface area contributed by atoms with E-state index in [0.717, 1.165) is 18.5 Å². The second-order valence-corrected chi connectivity index (χ2v) is 8.36. The van der Waals surface area contributed by atoms with E-state index in [1.807, 2.05) is 6.07 Å². The highest BCUT2D eigenvalue weighted by atomic mass is 79.9. The molecular formula is C18H24BrF3N2O3. The molecule has 5 nitrogen and oxygen atoms in total. The Balaban J connectivity index is 2.23. The minimum absolute atomic E-state index is 0.197. The molecule has 0 saturated carbocycles. The molecular weight excluding hydrogens is 429 g/mol. The third-order valence-corrected chi connectivity index (χ3v) is 4.66. The van der Waals surface area contributed by atoms with Crippen molar-refractivity contribution in [1.82, 2.24) is 9.88 Å². The zero-order chi connectivity index (χ0) is 20.2. The van der Waals surface area contributed by atoms with E-state index < -0.39 is 24.4 Å². The number of carbonyl (C=O) groups excluding carboxylic acids is 1. The summed E-state index contributed by atoms with van der Waals surface area (Å²) in [4.78, 5) is 17.4. The molecule has 0 bridgehead atoms. The first kappa shape index (κ1) is 21.9. The molecule has 27 heavy (non-hydrogen) atoms. The standard InChI is InChI=1S/C18H24BrF3N2O3/c1-17(2,3)27-16(25)24(11-18(20,21)22)10-15-13(19)4-5-14(23-15)12-6-8-26-9-7-12/h4-5,12H,6-11H2,1-3H3. The van der Waals surface area contributed by atoms with Gasteiger partial charge in [-0.25, -0.2) is 4.79 Å². The zero-order valence-electron chi connectivity index (χ0n) is 15.6. The largest absolute Gasteiger partial charge is 0.444 e. The average Bonchev–Trinajstić information content (AvgIpc) is 2.54. The molecule has 1 saturated heterocycles. The van der Waals surface area contributed by atoms with Crippen LogP contribution in [0.15, 0.2) is 16.6 Å². The summed E-state index contributed by atoms with van der Waals surface area (Å²) in [7, 11) is 0. The van der Waals surface area contributed by atoms with Gasteiger partial charge >= 0.3 is 12.3 Å². The molecule has 9 heteroatoms. The normalized spacial score (nSPS) is 16.3. The van der Waals surface area contributed by atoms with Crippen LogP contribution in [0.5, 0.6) is 0 Å². The fourth-order valence-electron chi connectivity index (χ4n) is 2.74. The summed E-state index contributed by atoms with van der Waals surface area (Å²) in [6.07, 6.45) is -3.94. The number of aromatic nitrogens is 1. The number of carbonyl (C=O) groups is 1. The molecule has 0 atom stereocenters. The molecule has 0 radical (unpaired) electrons. The second kappa shape index (κ2) is 8.77. The van der Waals surface area contributed by atoms with Crippen LogP contribution in [-0.4, -0.2) is 47.5 Å². The fraction of sp³-hybridized carbons (Fsp3) is 0.667. The van der Waals surface area contributed by atoms with E-state index in [9.17, 15) is 18.0 Å². The molecule has 0 spiro atoms. The highest BCUT2D eigenvalue weighted by Gasteiger charge is 2.35. The van der Waals surface area contributed by atoms with Crippen LogP contribution in [-0.2, 0) is 16.0 Å². The van der Waals surface area contributed by atoms with Gasteiger partial charge in [-0.05, 0) is 61.7 Å². The number of nitrogens with zero attached hydrogens (tertiary/aromatic N) is 2. The Labute approximate surface area is 165 Å². The molecule has 1 amide bonds. The topological polar surface area (TPSA) is 51.7 Å². The molecule has 0 unspecified atom stereocenters. The molecule has 0 aromatic carbocycles. The summed E-state index contributed by atoms with van der Waals surface area (Å²) in [5.41, 5.74) is 0.275. The lowest BCUT2D eigenvalue weighted by Gasteiger charge is -2.28. The number of halogens is 4. The maximum Gasteiger partial charge on any atom is 0.410 e. The van der Waals surface area contributed by atoms with Crippen molar-refractivity contribution in [2.75, 3.05) is 19.8 Å². The van der Waals surface area contributed by atoms with E-state index in [1.54, 1.807) is 26.8 Å². The van der Waals surface area contributed by atoms with Crippen LogP contribution >= 0.6 is 15.9 Å². The van der Waals surface area contributed by atoms with Crippen LogP contribution in [0.2, 0.25) is 0 Å². The maximum absolute atomic E-state index is 13.0. The van der Waals surface area contributed by atoms with E-state index in [2.05, 4.69) is 20.9 Å². The lowest BCUT2D eigenvalue weighted by Crippen LogP contribution is -2.42. The van der Waals surface area contributed by atoms with Gasteiger partial charge in [0.25, 0.3) is 0 Å². The molecule has 1 fully saturated rings. The van der Waals surface area contributed by atoms with E-state index in [4.69, 9.17) is 9.47 Å². The van der Waals surface area contributed by atoms with Gasteiger partial charge in [0, 0.05) is 29.3 Å². The van der Waals surface area contributed by atoms with Crippen molar-refractivity contribution in [2.24, 2.45) is 0 Å². The Hall–Kier alpha value is -1.35. The minimum Gasteiger partial charge on any atom is -0.444 e. The first-order valence-corrected chi connectivity index (χ1v) is 9.51. The van der Waals surface area contributed by atoms with Crippen LogP contribution < -0.4 is 0 Å². The molecule has 2 heterocycles. The number of hydrogen-bond donors (Lipinski definition) is 0. The number of pyridine rings is 1. The average molecular weight is 453 g/mol. The van der Waals surface area contributed by atoms with Crippen molar-refractivity contribution in [1.29, 1.82) is 0 Å². The Morgan fingerprint density at radius 1 is 1.30 bits per heavy atom. The molecule has 1 aliphatic heterocycles. The van der Waals surface area contributed by atoms with E-state index in [0.29, 0.717) is 28.3 Å². The lowest BCUT2D eigenvalue weighted by molar-refractivity contribution is -0.145. The number of amides is 1. The summed E-state index contributed by atoms with van der Waals surface area (Å²) >= 11 is 3.33. The molecule has 1 aromatic heterocycles. The van der Waals surface area contributed by atoms with Crippen LogP contribution in [0, 0.1) is 0 Å². The first-order chi connectivity index (χ1) is 12.4. The fourth-order valence-corrected chi connectivity index (χ4v) is 3.09. The molecule has 0 N–H and O–H groups in total. The highest BCUT2D eigenvalue weighted by molar-refractivity contribution is 9.10. The molecule has 0 aliphatic carbocycles. The summed E-state index contributed by atoms with van der Waals surface area (Å²) in [5.74, 6) is 0.197. The van der Waals surface area contributed by atoms with Gasteiger partial charge in [-0.2, -0.15) is 13.2 Å². The number of rotatable bonds is 4. The maximum atomic E-state index is 13.0. The van der Waals surface area contributed by atoms with Crippen LogP contribution in [0.3, 0.4) is 0 Å². The van der Waals surface area contributed by atoms with Crippen molar-refractivity contribution < 1.29 is 27.4 Å². The second-order valence-electron chi connectivity index (χ2n) is 7.50. The van der Waals surface area contributed by atoms with E-state index in [-0.39, 0.29) is 12.5 Å². The third-order valence-electron chi connectivity index (χ3n) is 3.94. The van der Waals surface area contributed by atoms with Gasteiger partial charge < -0.3 is 9.47 Å². The lowest BCUT2D eigenvalue weighted by atomic mass is 9.96.